The molecular weight excluding hydrogens is 388 g/mol. The van der Waals surface area contributed by atoms with Crippen LogP contribution in [0, 0.1) is 0 Å². The molecule has 29 heavy (non-hydrogen) atoms. The van der Waals surface area contributed by atoms with Gasteiger partial charge in [0.15, 0.2) is 11.8 Å². The van der Waals surface area contributed by atoms with E-state index in [1.165, 1.54) is 0 Å². The van der Waals surface area contributed by atoms with Crippen LogP contribution in [0.25, 0.3) is 0 Å². The normalized spacial score (nSPS) is 17.6. The van der Waals surface area contributed by atoms with Crippen LogP contribution in [-0.2, 0) is 40.9 Å². The van der Waals surface area contributed by atoms with E-state index in [0.717, 1.165) is 49.1 Å². The number of rotatable bonds is 9. The molecule has 1 aromatic heterocycles. The predicted molar refractivity (Wildman–Crippen MR) is 115 cm³/mol. The van der Waals surface area contributed by atoms with Gasteiger partial charge in [0, 0.05) is 48.4 Å². The van der Waals surface area contributed by atoms with Gasteiger partial charge in [0.1, 0.15) is 12.4 Å². The van der Waals surface area contributed by atoms with Crippen LogP contribution in [0.15, 0.2) is 35.3 Å². The molecule has 0 fully saturated rings. The fourth-order valence-corrected chi connectivity index (χ4v) is 4.28. The average Bonchev–Trinajstić information content (AvgIpc) is 3.11. The summed E-state index contributed by atoms with van der Waals surface area (Å²) in [6.07, 6.45) is 1.84. The third-order valence-corrected chi connectivity index (χ3v) is 5.91. The predicted octanol–water partition coefficient (Wildman–Crippen LogP) is 1.24. The average molecular weight is 419 g/mol. The van der Waals surface area contributed by atoms with E-state index in [4.69, 9.17) is 4.74 Å². The van der Waals surface area contributed by atoms with Crippen molar-refractivity contribution >= 4 is 16.8 Å². The highest BCUT2D eigenvalue weighted by Gasteiger charge is 2.22. The van der Waals surface area contributed by atoms with Gasteiger partial charge < -0.3 is 15.4 Å². The lowest BCUT2D eigenvalue weighted by atomic mass is 10.1. The number of benzene rings is 1. The Labute approximate surface area is 174 Å². The fraction of sp³-hybridized carbons (Fsp3) is 0.550. The molecule has 2 atom stereocenters. The van der Waals surface area contributed by atoms with Crippen LogP contribution >= 0.6 is 0 Å². The van der Waals surface area contributed by atoms with Crippen molar-refractivity contribution in [3.63, 3.8) is 0 Å². The zero-order valence-corrected chi connectivity index (χ0v) is 18.0. The van der Waals surface area contributed by atoms with Crippen molar-refractivity contribution in [2.45, 2.75) is 44.7 Å². The first-order valence-electron chi connectivity index (χ1n) is 10.0. The maximum atomic E-state index is 12.3. The van der Waals surface area contributed by atoms with Gasteiger partial charge >= 0.3 is 0 Å². The topological polar surface area (TPSA) is 93.4 Å². The highest BCUT2D eigenvalue weighted by Crippen LogP contribution is 2.13. The third-order valence-electron chi connectivity index (χ3n) is 4.62. The van der Waals surface area contributed by atoms with Gasteiger partial charge in [0.25, 0.3) is 0 Å². The van der Waals surface area contributed by atoms with Crippen molar-refractivity contribution in [2.75, 3.05) is 26.0 Å². The number of nitrogens with one attached hydrogen (secondary N) is 2. The molecule has 1 aromatic carbocycles. The number of aromatic nitrogens is 3. The highest BCUT2D eigenvalue weighted by atomic mass is 32.2. The van der Waals surface area contributed by atoms with Gasteiger partial charge in [-0.15, -0.1) is 0 Å². The van der Waals surface area contributed by atoms with Crippen molar-refractivity contribution in [2.24, 2.45) is 4.99 Å². The minimum atomic E-state index is -0.924. The first-order chi connectivity index (χ1) is 14.2. The zero-order chi connectivity index (χ0) is 20.5. The molecule has 0 saturated carbocycles. The summed E-state index contributed by atoms with van der Waals surface area (Å²) < 4.78 is 19.4. The summed E-state index contributed by atoms with van der Waals surface area (Å²) in [6, 6.07) is 10.2. The van der Waals surface area contributed by atoms with Gasteiger partial charge in [-0.2, -0.15) is 5.10 Å². The number of ether oxygens (including phenoxy) is 1. The lowest BCUT2D eigenvalue weighted by Gasteiger charge is -2.25. The maximum absolute atomic E-state index is 12.3. The Morgan fingerprint density at radius 1 is 1.38 bits per heavy atom. The molecule has 8 nitrogen and oxygen atoms in total. The largest absolute Gasteiger partial charge is 0.377 e. The van der Waals surface area contributed by atoms with Crippen molar-refractivity contribution in [1.29, 1.82) is 0 Å². The molecule has 9 heteroatoms. The van der Waals surface area contributed by atoms with Gasteiger partial charge in [-0.1, -0.05) is 30.3 Å². The van der Waals surface area contributed by atoms with Crippen LogP contribution in [0.4, 0.5) is 0 Å². The third kappa shape index (κ3) is 6.64. The number of methoxy groups -OCH3 is 1. The second kappa shape index (κ2) is 11.1. The summed E-state index contributed by atoms with van der Waals surface area (Å²) in [4.78, 5) is 9.13. The van der Waals surface area contributed by atoms with E-state index in [1.807, 2.05) is 41.9 Å². The summed E-state index contributed by atoms with van der Waals surface area (Å²) in [5.41, 5.74) is 1.10. The highest BCUT2D eigenvalue weighted by molar-refractivity contribution is 7.84. The smallest absolute Gasteiger partial charge is 0.191 e. The Hall–Kier alpha value is -2.26. The number of fused-ring (bicyclic) bond motifs is 1. The van der Waals surface area contributed by atoms with Gasteiger partial charge in [0.2, 0.25) is 0 Å². The second-order valence-corrected chi connectivity index (χ2v) is 8.55. The standard InChI is InChI=1S/C20H30N6O2S/c1-3-21-20(22-11-12-29(27)15-16-7-5-4-6-8-16)23-17-9-10-19-24-18(14-28-2)25-26(19)13-17/h4-8,17H,3,9-15H2,1-2H3,(H2,21,22,23). The van der Waals surface area contributed by atoms with E-state index in [2.05, 4.69) is 25.7 Å². The molecule has 1 aliphatic heterocycles. The van der Waals surface area contributed by atoms with Gasteiger partial charge in [-0.3, -0.25) is 9.20 Å². The van der Waals surface area contributed by atoms with Gasteiger partial charge in [-0.05, 0) is 18.9 Å². The van der Waals surface area contributed by atoms with Crippen LogP contribution in [0.1, 0.15) is 30.6 Å². The summed E-state index contributed by atoms with van der Waals surface area (Å²) in [7, 11) is 0.725. The molecular formula is C20H30N6O2S. The zero-order valence-electron chi connectivity index (χ0n) is 17.1. The molecule has 2 N–H and O–H groups in total. The number of nitrogens with zero attached hydrogens (tertiary/aromatic N) is 4. The van der Waals surface area contributed by atoms with Gasteiger partial charge in [-0.25, -0.2) is 9.67 Å². The molecule has 3 rings (SSSR count). The van der Waals surface area contributed by atoms with Crippen LogP contribution < -0.4 is 10.6 Å². The molecule has 0 aliphatic carbocycles. The van der Waals surface area contributed by atoms with Crippen molar-refractivity contribution in [3.05, 3.63) is 47.5 Å². The number of hydrogen-bond donors (Lipinski definition) is 2. The molecule has 2 aromatic rings. The van der Waals surface area contributed by atoms with Gasteiger partial charge in [0.05, 0.1) is 13.1 Å². The van der Waals surface area contributed by atoms with Crippen LogP contribution in [0.5, 0.6) is 0 Å². The molecule has 0 spiro atoms. The van der Waals surface area contributed by atoms with Crippen LogP contribution in [0.2, 0.25) is 0 Å². The number of aliphatic imine (C=N–C) groups is 1. The lowest BCUT2D eigenvalue weighted by molar-refractivity contribution is 0.177. The molecule has 0 radical (unpaired) electrons. The Balaban J connectivity index is 1.50. The fourth-order valence-electron chi connectivity index (χ4n) is 3.27. The molecule has 158 valence electrons. The summed E-state index contributed by atoms with van der Waals surface area (Å²) in [6.45, 7) is 4.52. The van der Waals surface area contributed by atoms with E-state index in [9.17, 15) is 4.21 Å². The number of guanidine groups is 1. The van der Waals surface area contributed by atoms with E-state index in [0.29, 0.717) is 24.7 Å². The van der Waals surface area contributed by atoms with Crippen molar-refractivity contribution < 1.29 is 8.95 Å². The van der Waals surface area contributed by atoms with E-state index < -0.39 is 10.8 Å². The van der Waals surface area contributed by atoms with Crippen LogP contribution in [0.3, 0.4) is 0 Å². The van der Waals surface area contributed by atoms with Crippen LogP contribution in [-0.4, -0.2) is 56.9 Å². The minimum Gasteiger partial charge on any atom is -0.377 e. The van der Waals surface area contributed by atoms with Crippen molar-refractivity contribution in [3.8, 4) is 0 Å². The van der Waals surface area contributed by atoms with E-state index >= 15 is 0 Å². The summed E-state index contributed by atoms with van der Waals surface area (Å²) >= 11 is 0. The van der Waals surface area contributed by atoms with E-state index in [1.54, 1.807) is 7.11 Å². The molecule has 0 bridgehead atoms. The maximum Gasteiger partial charge on any atom is 0.191 e. The molecule has 1 aliphatic rings. The monoisotopic (exact) mass is 418 g/mol. The number of aryl methyl sites for hydroxylation is 1. The first-order valence-corrected chi connectivity index (χ1v) is 11.5. The molecule has 0 saturated heterocycles. The Bertz CT molecular complexity index is 824. The van der Waals surface area contributed by atoms with E-state index in [-0.39, 0.29) is 6.04 Å². The minimum absolute atomic E-state index is 0.229. The molecule has 0 amide bonds. The summed E-state index contributed by atoms with van der Waals surface area (Å²) in [5, 5.41) is 11.3. The lowest BCUT2D eigenvalue weighted by Crippen LogP contribution is -2.47. The Morgan fingerprint density at radius 2 is 2.21 bits per heavy atom. The Kier molecular flexibility index (Phi) is 8.18. The Morgan fingerprint density at radius 3 is 2.97 bits per heavy atom. The number of hydrogen-bond acceptors (Lipinski definition) is 5. The molecule has 2 unspecified atom stereocenters. The van der Waals surface area contributed by atoms with Crippen molar-refractivity contribution in [1.82, 2.24) is 25.4 Å². The quantitative estimate of drug-likeness (QED) is 0.470. The SMILES string of the molecule is CCNC(=NCCS(=O)Cc1ccccc1)NC1CCc2nc(COC)nn2C1. The molecule has 2 heterocycles. The first kappa shape index (κ1) is 21.4. The summed E-state index contributed by atoms with van der Waals surface area (Å²) in [5.74, 6) is 3.61. The second-order valence-electron chi connectivity index (χ2n) is 6.97.